The van der Waals surface area contributed by atoms with Crippen molar-refractivity contribution in [1.82, 2.24) is 14.9 Å². The summed E-state index contributed by atoms with van der Waals surface area (Å²) in [6.07, 6.45) is -5.14. The first-order valence-corrected chi connectivity index (χ1v) is 15.6. The van der Waals surface area contributed by atoms with Crippen molar-refractivity contribution in [3.63, 3.8) is 0 Å². The van der Waals surface area contributed by atoms with Crippen molar-refractivity contribution in [1.29, 1.82) is 0 Å². The number of aliphatic hydroxyl groups is 2. The molecule has 0 spiro atoms. The number of phosphoric ester groups is 1. The smallest absolute Gasteiger partial charge is 0.449 e. The average Bonchev–Trinajstić information content (AvgIpc) is 3.46. The summed E-state index contributed by atoms with van der Waals surface area (Å²) in [5, 5.41) is 22.9. The Morgan fingerprint density at radius 3 is 2.37 bits per heavy atom. The number of ether oxygens (including phenoxy) is 2. The molecule has 1 aromatic rings. The van der Waals surface area contributed by atoms with Gasteiger partial charge in [0.15, 0.2) is 6.23 Å². The molecule has 20 nitrogen and oxygen atoms in total. The molecule has 2 aliphatic rings. The molecule has 23 heteroatoms. The van der Waals surface area contributed by atoms with Crippen molar-refractivity contribution in [3.05, 3.63) is 44.2 Å². The first kappa shape index (κ1) is 33.0. The number of hydrogen-bond donors (Lipinski definition) is 8. The van der Waals surface area contributed by atoms with E-state index in [1.165, 1.54) is 0 Å². The summed E-state index contributed by atoms with van der Waals surface area (Å²) in [4.78, 5) is 73.9. The maximum atomic E-state index is 12.3. The van der Waals surface area contributed by atoms with Gasteiger partial charge in [0.25, 0.3) is 5.56 Å². The van der Waals surface area contributed by atoms with Crippen LogP contribution in [0.25, 0.3) is 0 Å². The number of nitrogens with zero attached hydrogens (tertiary/aromatic N) is 1. The Hall–Kier alpha value is -2.46. The third-order valence-electron chi connectivity index (χ3n) is 5.27. The number of aromatic nitrogens is 2. The van der Waals surface area contributed by atoms with Gasteiger partial charge >= 0.3 is 35.3 Å². The molecule has 228 valence electrons. The van der Waals surface area contributed by atoms with Crippen molar-refractivity contribution < 1.29 is 70.9 Å². The monoisotopic (exact) mass is 647 g/mol. The summed E-state index contributed by atoms with van der Waals surface area (Å²) in [6, 6.07) is 0. The van der Waals surface area contributed by atoms with Gasteiger partial charge in [-0.15, -0.1) is 0 Å². The number of phosphoric acid groups is 3. The molecule has 0 aromatic carbocycles. The Morgan fingerprint density at radius 1 is 1.10 bits per heavy atom. The van der Waals surface area contributed by atoms with Crippen molar-refractivity contribution in [2.45, 2.75) is 31.5 Å². The zero-order valence-corrected chi connectivity index (χ0v) is 23.3. The first-order valence-electron chi connectivity index (χ1n) is 11.1. The number of rotatable bonds is 11. The first-order chi connectivity index (χ1) is 18.9. The molecule has 0 radical (unpaired) electrons. The number of aliphatic hydroxyl groups excluding tert-OH is 2. The molecule has 7 atom stereocenters. The largest absolute Gasteiger partial charge is 0.490 e. The minimum Gasteiger partial charge on any atom is -0.449 e. The van der Waals surface area contributed by atoms with Crippen molar-refractivity contribution >= 4 is 29.6 Å². The molecule has 0 bridgehead atoms. The molecule has 3 rings (SSSR count). The number of aromatic amines is 1. The van der Waals surface area contributed by atoms with Gasteiger partial charge < -0.3 is 44.6 Å². The van der Waals surface area contributed by atoms with Crippen molar-refractivity contribution in [3.8, 4) is 11.8 Å². The van der Waals surface area contributed by atoms with E-state index in [2.05, 4.69) is 30.3 Å². The molecule has 8 N–H and O–H groups in total. The fourth-order valence-corrected chi connectivity index (χ4v) is 6.28. The lowest BCUT2D eigenvalue weighted by molar-refractivity contribution is -0.0542. The number of carbonyl (C=O) groups excluding carboxylic acids is 1. The zero-order valence-electron chi connectivity index (χ0n) is 20.6. The SMILES string of the molecule is CC1=CC1COC(=O)NCC#Cc1cn([C@@H]2O[C@H](COP(=O)(O)OP(=O)(O)OP(=O)(O)O)[C@@H](O)[C@H]2O)c(=O)[nH]c1=O. The number of carbonyl (C=O) groups is 1. The minimum absolute atomic E-state index is 0.111. The molecule has 1 saturated heterocycles. The Balaban J connectivity index is 1.63. The molecule has 1 fully saturated rings. The van der Waals surface area contributed by atoms with Gasteiger partial charge in [-0.1, -0.05) is 23.5 Å². The van der Waals surface area contributed by atoms with E-state index in [4.69, 9.17) is 19.3 Å². The van der Waals surface area contributed by atoms with E-state index in [-0.39, 0.29) is 24.6 Å². The molecule has 3 unspecified atom stereocenters. The molecule has 1 amide bonds. The summed E-state index contributed by atoms with van der Waals surface area (Å²) in [6.45, 7) is 0.697. The Kier molecular flexibility index (Phi) is 10.3. The molecule has 41 heavy (non-hydrogen) atoms. The van der Waals surface area contributed by atoms with Gasteiger partial charge in [-0.3, -0.25) is 18.9 Å². The molecular formula is C18H24N3O17P3. The van der Waals surface area contributed by atoms with Crippen LogP contribution < -0.4 is 16.6 Å². The van der Waals surface area contributed by atoms with Gasteiger partial charge in [0.2, 0.25) is 0 Å². The van der Waals surface area contributed by atoms with Gasteiger partial charge in [0, 0.05) is 12.1 Å². The van der Waals surface area contributed by atoms with Crippen LogP contribution in [0.3, 0.4) is 0 Å². The summed E-state index contributed by atoms with van der Waals surface area (Å²) in [7, 11) is -17.0. The second-order valence-corrected chi connectivity index (χ2v) is 12.8. The fourth-order valence-electron chi connectivity index (χ4n) is 3.25. The second-order valence-electron chi connectivity index (χ2n) is 8.41. The van der Waals surface area contributed by atoms with E-state index in [0.717, 1.165) is 11.8 Å². The quantitative estimate of drug-likeness (QED) is 0.0743. The van der Waals surface area contributed by atoms with Crippen LogP contribution in [-0.4, -0.2) is 83.5 Å². The van der Waals surface area contributed by atoms with E-state index < -0.39 is 72.0 Å². The Bertz CT molecular complexity index is 1520. The fraction of sp³-hybridized carbons (Fsp3) is 0.500. The maximum Gasteiger partial charge on any atom is 0.490 e. The van der Waals surface area contributed by atoms with Crippen LogP contribution in [-0.2, 0) is 36.3 Å². The molecule has 1 aliphatic heterocycles. The third kappa shape index (κ3) is 9.81. The van der Waals surface area contributed by atoms with Crippen LogP contribution in [0.5, 0.6) is 0 Å². The third-order valence-corrected chi connectivity index (χ3v) is 9.08. The average molecular weight is 647 g/mol. The van der Waals surface area contributed by atoms with Crippen LogP contribution in [0.4, 0.5) is 4.79 Å². The predicted octanol–water partition coefficient (Wildman–Crippen LogP) is -1.85. The van der Waals surface area contributed by atoms with Gasteiger partial charge in [-0.05, 0) is 6.92 Å². The van der Waals surface area contributed by atoms with E-state index in [0.29, 0.717) is 4.57 Å². The van der Waals surface area contributed by atoms with Crippen LogP contribution in [0.1, 0.15) is 18.7 Å². The summed E-state index contributed by atoms with van der Waals surface area (Å²) in [5.74, 6) is 4.98. The van der Waals surface area contributed by atoms with E-state index in [1.54, 1.807) is 0 Å². The molecular weight excluding hydrogens is 623 g/mol. The summed E-state index contributed by atoms with van der Waals surface area (Å²) < 4.78 is 56.4. The lowest BCUT2D eigenvalue weighted by atomic mass is 10.1. The Labute approximate surface area is 229 Å². The number of alkyl carbamates (subject to hydrolysis) is 1. The lowest BCUT2D eigenvalue weighted by Gasteiger charge is -2.19. The highest BCUT2D eigenvalue weighted by Gasteiger charge is 2.46. The molecule has 1 aromatic heterocycles. The highest BCUT2D eigenvalue weighted by molar-refractivity contribution is 7.66. The van der Waals surface area contributed by atoms with Crippen molar-refractivity contribution in [2.75, 3.05) is 19.8 Å². The molecule has 0 saturated carbocycles. The number of hydrogen-bond acceptors (Lipinski definition) is 13. The minimum atomic E-state index is -5.80. The van der Waals surface area contributed by atoms with Crippen molar-refractivity contribution in [2.24, 2.45) is 5.92 Å². The maximum absolute atomic E-state index is 12.3. The normalized spacial score (nSPS) is 26.6. The second kappa shape index (κ2) is 12.8. The van der Waals surface area contributed by atoms with Crippen LogP contribution in [0.2, 0.25) is 0 Å². The van der Waals surface area contributed by atoms with E-state index in [1.807, 2.05) is 18.0 Å². The lowest BCUT2D eigenvalue weighted by Crippen LogP contribution is -2.38. The molecule has 2 heterocycles. The van der Waals surface area contributed by atoms with Gasteiger partial charge in [0.05, 0.1) is 13.2 Å². The summed E-state index contributed by atoms with van der Waals surface area (Å²) >= 11 is 0. The zero-order chi connectivity index (χ0) is 30.8. The summed E-state index contributed by atoms with van der Waals surface area (Å²) in [5.41, 5.74) is -1.27. The van der Waals surface area contributed by atoms with Crippen LogP contribution in [0.15, 0.2) is 27.4 Å². The highest BCUT2D eigenvalue weighted by Crippen LogP contribution is 2.66. The Morgan fingerprint density at radius 2 is 1.76 bits per heavy atom. The van der Waals surface area contributed by atoms with Gasteiger partial charge in [-0.25, -0.2) is 23.3 Å². The van der Waals surface area contributed by atoms with Gasteiger partial charge in [0.1, 0.15) is 30.5 Å². The van der Waals surface area contributed by atoms with E-state index >= 15 is 0 Å². The number of amides is 1. The highest BCUT2D eigenvalue weighted by atomic mass is 31.3. The number of H-pyrrole nitrogens is 1. The van der Waals surface area contributed by atoms with Gasteiger partial charge in [-0.2, -0.15) is 8.62 Å². The standard InChI is InChI=1S/C18H24N3O17P3/c1-9-5-11(9)7-34-18(26)19-4-2-3-10-6-21(17(25)20-15(10)24)16-14(23)13(22)12(36-16)8-35-40(30,31)38-41(32,33)37-39(27,28)29/h5-6,11-14,16,22-23H,4,7-8H2,1H3,(H,19,26)(H,30,31)(H,32,33)(H,20,24,25)(H2,27,28,29)/t11?,12-,13-,14-,16-/m1/s1. The van der Waals surface area contributed by atoms with Crippen LogP contribution in [0, 0.1) is 17.8 Å². The number of nitrogens with one attached hydrogen (secondary N) is 2. The predicted molar refractivity (Wildman–Crippen MR) is 131 cm³/mol. The van der Waals surface area contributed by atoms with E-state index in [9.17, 15) is 48.1 Å². The van der Waals surface area contributed by atoms with Crippen LogP contribution >= 0.6 is 23.5 Å². The topological polar surface area (TPSA) is 303 Å². The molecule has 1 aliphatic carbocycles.